The van der Waals surface area contributed by atoms with Crippen molar-refractivity contribution in [3.05, 3.63) is 29.3 Å². The number of likely N-dealkylation sites (N-methyl/N-ethyl adjacent to an activating group) is 1. The molecule has 1 heterocycles. The zero-order valence-corrected chi connectivity index (χ0v) is 13.0. The highest BCUT2D eigenvalue weighted by Crippen LogP contribution is 2.55. The van der Waals surface area contributed by atoms with Gasteiger partial charge in [-0.2, -0.15) is 8.78 Å². The summed E-state index contributed by atoms with van der Waals surface area (Å²) in [7, 11) is 2.24. The SMILES string of the molecule is CN1CC[C@]23CCCC[C@@H]2[C@H]1Cc1ccc(OC(F)F)cc13. The van der Waals surface area contributed by atoms with Gasteiger partial charge in [0.2, 0.25) is 0 Å². The lowest BCUT2D eigenvalue weighted by molar-refractivity contribution is -0.0503. The lowest BCUT2D eigenvalue weighted by Crippen LogP contribution is -2.59. The lowest BCUT2D eigenvalue weighted by Gasteiger charge is -2.58. The van der Waals surface area contributed by atoms with Gasteiger partial charge in [0.05, 0.1) is 0 Å². The molecular weight excluding hydrogens is 284 g/mol. The Hall–Kier alpha value is -1.16. The van der Waals surface area contributed by atoms with E-state index in [-0.39, 0.29) is 5.41 Å². The Kier molecular flexibility index (Phi) is 3.40. The van der Waals surface area contributed by atoms with Gasteiger partial charge in [0.1, 0.15) is 5.75 Å². The second-order valence-electron chi connectivity index (χ2n) is 7.21. The molecule has 0 N–H and O–H groups in total. The van der Waals surface area contributed by atoms with Gasteiger partial charge in [-0.1, -0.05) is 18.9 Å². The van der Waals surface area contributed by atoms with Crippen molar-refractivity contribution in [2.24, 2.45) is 5.92 Å². The molecule has 0 radical (unpaired) electrons. The number of piperidine rings is 1. The van der Waals surface area contributed by atoms with Crippen molar-refractivity contribution in [3.8, 4) is 5.75 Å². The molecule has 2 nitrogen and oxygen atoms in total. The maximum absolute atomic E-state index is 12.6. The molecule has 1 saturated heterocycles. The molecule has 1 aromatic rings. The normalized spacial score (nSPS) is 34.2. The average molecular weight is 307 g/mol. The predicted molar refractivity (Wildman–Crippen MR) is 81.4 cm³/mol. The van der Waals surface area contributed by atoms with E-state index < -0.39 is 6.61 Å². The van der Waals surface area contributed by atoms with E-state index in [4.69, 9.17) is 0 Å². The number of nitrogens with zero attached hydrogens (tertiary/aromatic N) is 1. The number of halogens is 2. The van der Waals surface area contributed by atoms with Crippen LogP contribution in [-0.2, 0) is 11.8 Å². The van der Waals surface area contributed by atoms with E-state index in [1.807, 2.05) is 12.1 Å². The minimum atomic E-state index is -2.74. The molecule has 2 fully saturated rings. The van der Waals surface area contributed by atoms with E-state index in [1.54, 1.807) is 6.07 Å². The van der Waals surface area contributed by atoms with Gasteiger partial charge in [-0.3, -0.25) is 0 Å². The van der Waals surface area contributed by atoms with Crippen molar-refractivity contribution in [1.82, 2.24) is 4.90 Å². The molecular formula is C18H23F2NO. The maximum Gasteiger partial charge on any atom is 0.387 e. The summed E-state index contributed by atoms with van der Waals surface area (Å²) in [5.74, 6) is 0.999. The topological polar surface area (TPSA) is 12.5 Å². The monoisotopic (exact) mass is 307 g/mol. The van der Waals surface area contributed by atoms with Gasteiger partial charge in [0.15, 0.2) is 0 Å². The summed E-state index contributed by atoms with van der Waals surface area (Å²) >= 11 is 0. The van der Waals surface area contributed by atoms with Crippen LogP contribution in [0.25, 0.3) is 0 Å². The predicted octanol–water partition coefficient (Wildman–Crippen LogP) is 3.98. The summed E-state index contributed by atoms with van der Waals surface area (Å²) in [6.45, 7) is -1.63. The minimum absolute atomic E-state index is 0.199. The van der Waals surface area contributed by atoms with Crippen molar-refractivity contribution in [1.29, 1.82) is 0 Å². The largest absolute Gasteiger partial charge is 0.435 e. The number of benzene rings is 1. The van der Waals surface area contributed by atoms with Gasteiger partial charge < -0.3 is 9.64 Å². The smallest absolute Gasteiger partial charge is 0.387 e. The van der Waals surface area contributed by atoms with Crippen molar-refractivity contribution in [2.75, 3.05) is 13.6 Å². The fraction of sp³-hybridized carbons (Fsp3) is 0.667. The van der Waals surface area contributed by atoms with Gasteiger partial charge in [-0.05, 0) is 68.5 Å². The van der Waals surface area contributed by atoms with Gasteiger partial charge in [-0.25, -0.2) is 0 Å². The zero-order valence-electron chi connectivity index (χ0n) is 13.0. The Morgan fingerprint density at radius 3 is 2.95 bits per heavy atom. The van der Waals surface area contributed by atoms with Crippen LogP contribution in [0.2, 0.25) is 0 Å². The molecule has 2 bridgehead atoms. The Morgan fingerprint density at radius 2 is 2.14 bits per heavy atom. The van der Waals surface area contributed by atoms with Crippen molar-refractivity contribution in [2.45, 2.75) is 56.6 Å². The first kappa shape index (κ1) is 14.4. The van der Waals surface area contributed by atoms with E-state index in [2.05, 4.69) is 16.7 Å². The second-order valence-corrected chi connectivity index (χ2v) is 7.21. The van der Waals surface area contributed by atoms with Crippen LogP contribution < -0.4 is 4.74 Å². The fourth-order valence-electron chi connectivity index (χ4n) is 5.35. The van der Waals surface area contributed by atoms with Crippen LogP contribution in [0.15, 0.2) is 18.2 Å². The third kappa shape index (κ3) is 2.07. The zero-order chi connectivity index (χ0) is 15.3. The third-order valence-electron chi connectivity index (χ3n) is 6.31. The first-order chi connectivity index (χ1) is 10.6. The molecule has 1 aliphatic heterocycles. The third-order valence-corrected chi connectivity index (χ3v) is 6.31. The van der Waals surface area contributed by atoms with Gasteiger partial charge >= 0.3 is 6.61 Å². The average Bonchev–Trinajstić information content (AvgIpc) is 2.51. The summed E-state index contributed by atoms with van der Waals surface area (Å²) < 4.78 is 29.8. The van der Waals surface area contributed by atoms with E-state index >= 15 is 0 Å². The molecule has 1 aromatic carbocycles. The highest BCUT2D eigenvalue weighted by atomic mass is 19.3. The lowest BCUT2D eigenvalue weighted by atomic mass is 9.52. The van der Waals surface area contributed by atoms with Crippen molar-refractivity contribution in [3.63, 3.8) is 0 Å². The molecule has 3 aliphatic rings. The second kappa shape index (κ2) is 5.19. The summed E-state index contributed by atoms with van der Waals surface area (Å²) in [4.78, 5) is 2.51. The molecule has 0 amide bonds. The summed E-state index contributed by atoms with van der Waals surface area (Å²) in [5.41, 5.74) is 2.85. The molecule has 0 spiro atoms. The fourth-order valence-corrected chi connectivity index (χ4v) is 5.35. The van der Waals surface area contributed by atoms with Crippen LogP contribution in [0.1, 0.15) is 43.2 Å². The number of likely N-dealkylation sites (tertiary alicyclic amines) is 1. The first-order valence-corrected chi connectivity index (χ1v) is 8.39. The molecule has 2 aliphatic carbocycles. The Morgan fingerprint density at radius 1 is 1.27 bits per heavy atom. The number of hydrogen-bond donors (Lipinski definition) is 0. The van der Waals surface area contributed by atoms with Gasteiger partial charge in [-0.15, -0.1) is 0 Å². The van der Waals surface area contributed by atoms with Crippen molar-refractivity contribution >= 4 is 0 Å². The Balaban J connectivity index is 1.80. The van der Waals surface area contributed by atoms with Crippen LogP contribution >= 0.6 is 0 Å². The summed E-state index contributed by atoms with van der Waals surface area (Å²) in [6, 6.07) is 6.26. The molecule has 4 heteroatoms. The highest BCUT2D eigenvalue weighted by molar-refractivity contribution is 5.45. The Labute approximate surface area is 130 Å². The molecule has 0 unspecified atom stereocenters. The summed E-state index contributed by atoms with van der Waals surface area (Å²) in [6.07, 6.45) is 7.23. The molecule has 4 rings (SSSR count). The number of fused-ring (bicyclic) bond motifs is 1. The van der Waals surface area contributed by atoms with Crippen LogP contribution in [0, 0.1) is 5.92 Å². The van der Waals surface area contributed by atoms with E-state index in [1.165, 1.54) is 36.8 Å². The maximum atomic E-state index is 12.6. The molecule has 120 valence electrons. The minimum Gasteiger partial charge on any atom is -0.435 e. The van der Waals surface area contributed by atoms with Crippen LogP contribution in [0.5, 0.6) is 5.75 Å². The van der Waals surface area contributed by atoms with E-state index in [0.717, 1.165) is 19.4 Å². The first-order valence-electron chi connectivity index (χ1n) is 8.39. The quantitative estimate of drug-likeness (QED) is 0.819. The van der Waals surface area contributed by atoms with Crippen LogP contribution in [-0.4, -0.2) is 31.1 Å². The number of alkyl halides is 2. The Bertz CT molecular complexity index is 576. The van der Waals surface area contributed by atoms with Crippen molar-refractivity contribution < 1.29 is 13.5 Å². The molecule has 1 saturated carbocycles. The van der Waals surface area contributed by atoms with E-state index in [9.17, 15) is 8.78 Å². The van der Waals surface area contributed by atoms with Crippen LogP contribution in [0.3, 0.4) is 0 Å². The van der Waals surface area contributed by atoms with Crippen LogP contribution in [0.4, 0.5) is 8.78 Å². The molecule has 22 heavy (non-hydrogen) atoms. The molecule has 3 atom stereocenters. The number of rotatable bonds is 2. The molecule has 0 aromatic heterocycles. The highest BCUT2D eigenvalue weighted by Gasteiger charge is 2.53. The number of hydrogen-bond acceptors (Lipinski definition) is 2. The van der Waals surface area contributed by atoms with Gasteiger partial charge in [0, 0.05) is 11.5 Å². The standard InChI is InChI=1S/C18H23F2NO/c1-21-9-8-18-7-3-2-4-14(18)16(21)10-12-5-6-13(11-15(12)18)22-17(19)20/h5-6,11,14,16-17H,2-4,7-10H2,1H3/t14-,16-,18-/m1/s1. The van der Waals surface area contributed by atoms with E-state index in [0.29, 0.717) is 17.7 Å². The number of ether oxygens (including phenoxy) is 1. The summed E-state index contributed by atoms with van der Waals surface area (Å²) in [5, 5.41) is 0. The van der Waals surface area contributed by atoms with Gasteiger partial charge in [0.25, 0.3) is 0 Å².